The van der Waals surface area contributed by atoms with E-state index in [9.17, 15) is 14.4 Å². The second kappa shape index (κ2) is 5.91. The molecule has 4 amide bonds. The molecular weight excluding hydrogens is 298 g/mol. The maximum absolute atomic E-state index is 12.5. The first-order valence-electron chi connectivity index (χ1n) is 7.63. The second-order valence-corrected chi connectivity index (χ2v) is 5.86. The normalized spacial score (nSPS) is 19.1. The highest BCUT2D eigenvalue weighted by molar-refractivity contribution is 6.10. The van der Waals surface area contributed by atoms with Crippen LogP contribution in [0.25, 0.3) is 0 Å². The van der Waals surface area contributed by atoms with E-state index in [4.69, 9.17) is 4.74 Å². The third-order valence-corrected chi connectivity index (χ3v) is 4.39. The zero-order valence-electron chi connectivity index (χ0n) is 12.9. The number of carbonyl (C=O) groups is 3. The summed E-state index contributed by atoms with van der Waals surface area (Å²) in [4.78, 5) is 37.7. The van der Waals surface area contributed by atoms with E-state index < -0.39 is 17.5 Å². The lowest BCUT2D eigenvalue weighted by Crippen LogP contribution is -2.44. The Labute approximate surface area is 134 Å². The number of anilines is 1. The first-order chi connectivity index (χ1) is 11.1. The average Bonchev–Trinajstić information content (AvgIpc) is 3.09. The zero-order chi connectivity index (χ0) is 16.4. The highest BCUT2D eigenvalue weighted by atomic mass is 16.5. The molecule has 1 spiro atoms. The van der Waals surface area contributed by atoms with Gasteiger partial charge in [0.25, 0.3) is 5.91 Å². The van der Waals surface area contributed by atoms with Gasteiger partial charge in [-0.2, -0.15) is 0 Å². The number of hydrogen-bond acceptors (Lipinski definition) is 4. The number of imide groups is 1. The highest BCUT2D eigenvalue weighted by Gasteiger charge is 2.52. The van der Waals surface area contributed by atoms with Crippen molar-refractivity contribution >= 4 is 23.5 Å². The Balaban J connectivity index is 1.68. The van der Waals surface area contributed by atoms with Gasteiger partial charge >= 0.3 is 6.03 Å². The van der Waals surface area contributed by atoms with Crippen molar-refractivity contribution < 1.29 is 19.1 Å². The van der Waals surface area contributed by atoms with Gasteiger partial charge in [-0.05, 0) is 25.0 Å². The van der Waals surface area contributed by atoms with E-state index in [2.05, 4.69) is 10.6 Å². The summed E-state index contributed by atoms with van der Waals surface area (Å²) in [7, 11) is 1.51. The molecule has 0 radical (unpaired) electrons. The van der Waals surface area contributed by atoms with Gasteiger partial charge in [0.15, 0.2) is 0 Å². The second-order valence-electron chi connectivity index (χ2n) is 5.86. The molecule has 2 aliphatic rings. The van der Waals surface area contributed by atoms with Crippen molar-refractivity contribution in [3.05, 3.63) is 24.3 Å². The molecule has 1 aromatic carbocycles. The van der Waals surface area contributed by atoms with Crippen LogP contribution in [0.15, 0.2) is 24.3 Å². The lowest BCUT2D eigenvalue weighted by molar-refractivity contribution is -0.133. The van der Waals surface area contributed by atoms with Crippen molar-refractivity contribution in [1.82, 2.24) is 10.2 Å². The van der Waals surface area contributed by atoms with Crippen LogP contribution >= 0.6 is 0 Å². The number of hydrogen-bond donors (Lipinski definition) is 2. The van der Waals surface area contributed by atoms with E-state index in [1.807, 2.05) is 0 Å². The van der Waals surface area contributed by atoms with Gasteiger partial charge in [0.1, 0.15) is 17.8 Å². The van der Waals surface area contributed by atoms with Crippen molar-refractivity contribution in [3.63, 3.8) is 0 Å². The van der Waals surface area contributed by atoms with Crippen molar-refractivity contribution in [2.24, 2.45) is 0 Å². The van der Waals surface area contributed by atoms with Crippen molar-refractivity contribution in [1.29, 1.82) is 0 Å². The van der Waals surface area contributed by atoms with E-state index in [0.717, 1.165) is 17.7 Å². The van der Waals surface area contributed by atoms with E-state index in [1.165, 1.54) is 7.11 Å². The first-order valence-corrected chi connectivity index (χ1v) is 7.63. The average molecular weight is 317 g/mol. The molecule has 0 unspecified atom stereocenters. The van der Waals surface area contributed by atoms with Crippen molar-refractivity contribution in [2.75, 3.05) is 19.0 Å². The summed E-state index contributed by atoms with van der Waals surface area (Å²) in [6.07, 6.45) is 3.10. The molecule has 122 valence electrons. The quantitative estimate of drug-likeness (QED) is 0.824. The summed E-state index contributed by atoms with van der Waals surface area (Å²) in [5.74, 6) is -0.214. The van der Waals surface area contributed by atoms with Crippen LogP contribution in [0.1, 0.15) is 25.7 Å². The molecule has 0 bridgehead atoms. The maximum Gasteiger partial charge on any atom is 0.325 e. The lowest BCUT2D eigenvalue weighted by atomic mass is 9.98. The van der Waals surface area contributed by atoms with E-state index in [1.54, 1.807) is 24.3 Å². The zero-order valence-corrected chi connectivity index (χ0v) is 12.9. The summed E-state index contributed by atoms with van der Waals surface area (Å²) < 4.78 is 5.16. The van der Waals surface area contributed by atoms with Crippen molar-refractivity contribution in [2.45, 2.75) is 31.2 Å². The fraction of sp³-hybridized carbons (Fsp3) is 0.438. The van der Waals surface area contributed by atoms with Gasteiger partial charge in [-0.15, -0.1) is 0 Å². The highest BCUT2D eigenvalue weighted by Crippen LogP contribution is 2.35. The smallest absolute Gasteiger partial charge is 0.325 e. The Morgan fingerprint density at radius 3 is 2.70 bits per heavy atom. The van der Waals surface area contributed by atoms with Crippen LogP contribution in [0.3, 0.4) is 0 Å². The summed E-state index contributed by atoms with van der Waals surface area (Å²) in [6.45, 7) is -0.301. The fourth-order valence-electron chi connectivity index (χ4n) is 3.22. The molecule has 23 heavy (non-hydrogen) atoms. The predicted octanol–water partition coefficient (Wildman–Crippen LogP) is 1.50. The number of nitrogens with one attached hydrogen (secondary N) is 2. The van der Waals surface area contributed by atoms with Crippen LogP contribution in [0.4, 0.5) is 10.5 Å². The molecule has 7 nitrogen and oxygen atoms in total. The molecule has 1 aromatic rings. The number of nitrogens with zero attached hydrogens (tertiary/aromatic N) is 1. The molecule has 2 N–H and O–H groups in total. The number of urea groups is 1. The minimum Gasteiger partial charge on any atom is -0.495 e. The molecule has 1 heterocycles. The molecule has 0 aromatic heterocycles. The van der Waals surface area contributed by atoms with Crippen LogP contribution in [0, 0.1) is 0 Å². The molecule has 1 aliphatic carbocycles. The number of para-hydroxylation sites is 2. The van der Waals surface area contributed by atoms with E-state index in [-0.39, 0.29) is 12.5 Å². The number of rotatable bonds is 4. The maximum atomic E-state index is 12.5. The minimum atomic E-state index is -0.790. The monoisotopic (exact) mass is 317 g/mol. The topological polar surface area (TPSA) is 87.7 Å². The van der Waals surface area contributed by atoms with Crippen LogP contribution < -0.4 is 15.4 Å². The number of amides is 4. The van der Waals surface area contributed by atoms with Gasteiger partial charge < -0.3 is 15.4 Å². The number of ether oxygens (including phenoxy) is 1. The summed E-state index contributed by atoms with van der Waals surface area (Å²) >= 11 is 0. The summed E-state index contributed by atoms with van der Waals surface area (Å²) in [5, 5.41) is 5.42. The van der Waals surface area contributed by atoms with Crippen LogP contribution in [-0.2, 0) is 9.59 Å². The molecule has 1 aliphatic heterocycles. The number of methoxy groups -OCH3 is 1. The standard InChI is InChI=1S/C16H19N3O4/c1-23-12-7-3-2-6-11(12)17-13(20)10-19-14(21)16(18-15(19)22)8-4-5-9-16/h2-3,6-7H,4-5,8-10H2,1H3,(H,17,20)(H,18,22). The van der Waals surface area contributed by atoms with Gasteiger partial charge in [-0.1, -0.05) is 25.0 Å². The molecule has 3 rings (SSSR count). The van der Waals surface area contributed by atoms with E-state index in [0.29, 0.717) is 24.3 Å². The SMILES string of the molecule is COc1ccccc1NC(=O)CN1C(=O)NC2(CCCC2)C1=O. The third-order valence-electron chi connectivity index (χ3n) is 4.39. The first kappa shape index (κ1) is 15.3. The molecule has 1 saturated heterocycles. The van der Waals surface area contributed by atoms with Crippen LogP contribution in [-0.4, -0.2) is 41.9 Å². The summed E-state index contributed by atoms with van der Waals surface area (Å²) in [6, 6.07) is 6.47. The van der Waals surface area contributed by atoms with Crippen LogP contribution in [0.5, 0.6) is 5.75 Å². The fourth-order valence-corrected chi connectivity index (χ4v) is 3.22. The lowest BCUT2D eigenvalue weighted by Gasteiger charge is -2.19. The van der Waals surface area contributed by atoms with Gasteiger partial charge in [0, 0.05) is 0 Å². The third kappa shape index (κ3) is 2.74. The summed E-state index contributed by atoms with van der Waals surface area (Å²) in [5.41, 5.74) is -0.287. The minimum absolute atomic E-state index is 0.296. The Kier molecular flexibility index (Phi) is 3.94. The predicted molar refractivity (Wildman–Crippen MR) is 83.1 cm³/mol. The number of carbonyl (C=O) groups excluding carboxylic acids is 3. The molecule has 0 atom stereocenters. The molecule has 2 fully saturated rings. The Bertz CT molecular complexity index is 652. The molecule has 1 saturated carbocycles. The van der Waals surface area contributed by atoms with E-state index >= 15 is 0 Å². The van der Waals surface area contributed by atoms with Gasteiger partial charge in [0.2, 0.25) is 5.91 Å². The van der Waals surface area contributed by atoms with Gasteiger partial charge in [-0.3, -0.25) is 14.5 Å². The van der Waals surface area contributed by atoms with Crippen molar-refractivity contribution in [3.8, 4) is 5.75 Å². The number of benzene rings is 1. The Morgan fingerprint density at radius 1 is 1.30 bits per heavy atom. The largest absolute Gasteiger partial charge is 0.495 e. The van der Waals surface area contributed by atoms with Gasteiger partial charge in [0.05, 0.1) is 12.8 Å². The molecular formula is C16H19N3O4. The Morgan fingerprint density at radius 2 is 2.00 bits per heavy atom. The Hall–Kier alpha value is -2.57. The van der Waals surface area contributed by atoms with Crippen LogP contribution in [0.2, 0.25) is 0 Å². The molecule has 7 heteroatoms. The van der Waals surface area contributed by atoms with Gasteiger partial charge in [-0.25, -0.2) is 4.79 Å².